The van der Waals surface area contributed by atoms with Crippen molar-refractivity contribution < 1.29 is 47.6 Å². The maximum atomic E-state index is 10.6. The fourth-order valence-corrected chi connectivity index (χ4v) is 1.75. The summed E-state index contributed by atoms with van der Waals surface area (Å²) in [7, 11) is -4.69. The van der Waals surface area contributed by atoms with Gasteiger partial charge in [0, 0.05) is 0 Å². The van der Waals surface area contributed by atoms with Crippen LogP contribution < -0.4 is 29.6 Å². The Morgan fingerprint density at radius 3 is 2.33 bits per heavy atom. The molecular weight excluding hydrogens is 227 g/mol. The van der Waals surface area contributed by atoms with Gasteiger partial charge in [0.15, 0.2) is 5.44 Å². The third-order valence-electron chi connectivity index (χ3n) is 1.97. The van der Waals surface area contributed by atoms with Crippen LogP contribution in [-0.4, -0.2) is 18.1 Å². The van der Waals surface area contributed by atoms with Crippen LogP contribution in [0.15, 0.2) is 18.2 Å². The first-order valence-corrected chi connectivity index (χ1v) is 5.49. The minimum Gasteiger partial charge on any atom is -0.746 e. The molecule has 1 unspecified atom stereocenters. The van der Waals surface area contributed by atoms with Crippen LogP contribution in [0.5, 0.6) is 0 Å². The molecule has 0 heterocycles. The van der Waals surface area contributed by atoms with E-state index in [1.165, 1.54) is 6.07 Å². The zero-order valence-electron chi connectivity index (χ0n) is 8.89. The van der Waals surface area contributed by atoms with E-state index in [4.69, 9.17) is 0 Å². The predicted octanol–water partition coefficient (Wildman–Crippen LogP) is -2.16. The largest absolute Gasteiger partial charge is 1.00 e. The molecule has 0 saturated heterocycles. The topological polar surface area (TPSA) is 77.4 Å². The van der Waals surface area contributed by atoms with Gasteiger partial charge in [0.1, 0.15) is 10.1 Å². The van der Waals surface area contributed by atoms with Gasteiger partial charge in [-0.3, -0.25) is 0 Å². The third kappa shape index (κ3) is 3.86. The Labute approximate surface area is 111 Å². The molecule has 0 spiro atoms. The molecule has 78 valence electrons. The van der Waals surface area contributed by atoms with Gasteiger partial charge in [-0.15, -0.1) is 0 Å². The second-order valence-corrected chi connectivity index (χ2v) is 4.64. The molecule has 1 atom stereocenters. The van der Waals surface area contributed by atoms with Gasteiger partial charge in [-0.1, -0.05) is 23.8 Å². The van der Waals surface area contributed by atoms with Gasteiger partial charge >= 0.3 is 29.6 Å². The van der Waals surface area contributed by atoms with Crippen molar-refractivity contribution in [1.29, 1.82) is 0 Å². The van der Waals surface area contributed by atoms with Crippen LogP contribution in [0.1, 0.15) is 22.1 Å². The fourth-order valence-electron chi connectivity index (χ4n) is 1.18. The van der Waals surface area contributed by atoms with Crippen molar-refractivity contribution >= 4 is 10.1 Å². The first-order chi connectivity index (χ1) is 6.32. The van der Waals surface area contributed by atoms with Crippen LogP contribution in [0.3, 0.4) is 0 Å². The molecule has 0 aliphatic rings. The molecule has 15 heavy (non-hydrogen) atoms. The van der Waals surface area contributed by atoms with Gasteiger partial charge in [-0.05, 0) is 25.0 Å². The van der Waals surface area contributed by atoms with E-state index in [0.717, 1.165) is 5.56 Å². The standard InChI is InChI=1S/C9H12O4S.Na/c1-6-3-4-7(2)8(5-6)9(10)14(11,12)13;/h3-5,9-10H,1-2H3,(H,11,12,13);/q;+1/p-1. The summed E-state index contributed by atoms with van der Waals surface area (Å²) in [5.74, 6) is 0. The van der Waals surface area contributed by atoms with Crippen LogP contribution in [0, 0.1) is 13.8 Å². The maximum Gasteiger partial charge on any atom is 1.00 e. The molecule has 0 amide bonds. The van der Waals surface area contributed by atoms with Crippen molar-refractivity contribution in [2.24, 2.45) is 0 Å². The first-order valence-electron chi connectivity index (χ1n) is 4.02. The molecule has 0 saturated carbocycles. The molecule has 6 heteroatoms. The van der Waals surface area contributed by atoms with Gasteiger partial charge in [0.25, 0.3) is 0 Å². The van der Waals surface area contributed by atoms with E-state index in [0.29, 0.717) is 5.56 Å². The number of hydrogen-bond acceptors (Lipinski definition) is 4. The molecule has 4 nitrogen and oxygen atoms in total. The molecule has 0 aromatic heterocycles. The van der Waals surface area contributed by atoms with Crippen molar-refractivity contribution in [3.63, 3.8) is 0 Å². The van der Waals surface area contributed by atoms with E-state index in [-0.39, 0.29) is 35.1 Å². The second kappa shape index (κ2) is 5.43. The molecule has 0 aliphatic carbocycles. The van der Waals surface area contributed by atoms with E-state index in [2.05, 4.69) is 0 Å². The number of aliphatic hydroxyl groups excluding tert-OH is 1. The zero-order valence-corrected chi connectivity index (χ0v) is 11.7. The Morgan fingerprint density at radius 2 is 1.87 bits per heavy atom. The van der Waals surface area contributed by atoms with Crippen molar-refractivity contribution in [3.05, 3.63) is 34.9 Å². The Hall–Kier alpha value is 0.0900. The minimum atomic E-state index is -4.69. The number of aliphatic hydroxyl groups is 1. The van der Waals surface area contributed by atoms with Crippen LogP contribution >= 0.6 is 0 Å². The Balaban J connectivity index is 0.00000196. The van der Waals surface area contributed by atoms with Crippen LogP contribution in [0.4, 0.5) is 0 Å². The van der Waals surface area contributed by atoms with Gasteiger partial charge in [0.2, 0.25) is 0 Å². The normalized spacial score (nSPS) is 13.1. The summed E-state index contributed by atoms with van der Waals surface area (Å²) in [6, 6.07) is 4.94. The molecule has 0 radical (unpaired) electrons. The molecule has 1 aromatic carbocycles. The molecule has 0 bridgehead atoms. The summed E-state index contributed by atoms with van der Waals surface area (Å²) in [4.78, 5) is 0. The van der Waals surface area contributed by atoms with Crippen LogP contribution in [0.25, 0.3) is 0 Å². The summed E-state index contributed by atoms with van der Waals surface area (Å²) in [5, 5.41) is 9.26. The number of rotatable bonds is 2. The van der Waals surface area contributed by atoms with Crippen molar-refractivity contribution in [2.75, 3.05) is 0 Å². The molecule has 0 aliphatic heterocycles. The van der Waals surface area contributed by atoms with Gasteiger partial charge in [-0.2, -0.15) is 0 Å². The van der Waals surface area contributed by atoms with Gasteiger partial charge in [-0.25, -0.2) is 8.42 Å². The first kappa shape index (κ1) is 15.1. The summed E-state index contributed by atoms with van der Waals surface area (Å²) in [6.07, 6.45) is 0. The number of hydrogen-bond donors (Lipinski definition) is 1. The maximum absolute atomic E-state index is 10.6. The van der Waals surface area contributed by atoms with E-state index in [1.807, 2.05) is 0 Å². The molecule has 0 fully saturated rings. The quantitative estimate of drug-likeness (QED) is 0.470. The van der Waals surface area contributed by atoms with Crippen molar-refractivity contribution in [2.45, 2.75) is 19.3 Å². The average molecular weight is 238 g/mol. The van der Waals surface area contributed by atoms with E-state index < -0.39 is 15.6 Å². The van der Waals surface area contributed by atoms with E-state index in [1.54, 1.807) is 26.0 Å². The SMILES string of the molecule is Cc1ccc(C)c(C(O)S(=O)(=O)[O-])c1.[Na+]. The van der Waals surface area contributed by atoms with Crippen LogP contribution in [0.2, 0.25) is 0 Å². The van der Waals surface area contributed by atoms with E-state index >= 15 is 0 Å². The monoisotopic (exact) mass is 238 g/mol. The Kier molecular flexibility index (Phi) is 5.46. The Morgan fingerprint density at radius 1 is 1.33 bits per heavy atom. The second-order valence-electron chi connectivity index (χ2n) is 3.21. The Bertz CT molecular complexity index is 441. The van der Waals surface area contributed by atoms with E-state index in [9.17, 15) is 18.1 Å². The zero-order chi connectivity index (χ0) is 10.9. The molecule has 1 rings (SSSR count). The number of aryl methyl sites for hydroxylation is 2. The summed E-state index contributed by atoms with van der Waals surface area (Å²) in [5.41, 5.74) is -0.432. The third-order valence-corrected chi connectivity index (χ3v) is 2.78. The van der Waals surface area contributed by atoms with Gasteiger partial charge < -0.3 is 9.66 Å². The fraction of sp³-hybridized carbons (Fsp3) is 0.333. The molecule has 1 aromatic rings. The predicted molar refractivity (Wildman–Crippen MR) is 50.6 cm³/mol. The molecule has 1 N–H and O–H groups in total. The summed E-state index contributed by atoms with van der Waals surface area (Å²) < 4.78 is 31.8. The minimum absolute atomic E-state index is 0. The molecular formula is C9H11NaO4S. The average Bonchev–Trinajstić information content (AvgIpc) is 2.06. The summed E-state index contributed by atoms with van der Waals surface area (Å²) in [6.45, 7) is 3.40. The van der Waals surface area contributed by atoms with Crippen molar-refractivity contribution in [3.8, 4) is 0 Å². The smallest absolute Gasteiger partial charge is 0.746 e. The number of benzene rings is 1. The summed E-state index contributed by atoms with van der Waals surface area (Å²) >= 11 is 0. The van der Waals surface area contributed by atoms with Gasteiger partial charge in [0.05, 0.1) is 0 Å². The van der Waals surface area contributed by atoms with Crippen LogP contribution in [-0.2, 0) is 10.1 Å². The van der Waals surface area contributed by atoms with Crippen molar-refractivity contribution in [1.82, 2.24) is 0 Å².